The monoisotopic (exact) mass is 321 g/mol. The summed E-state index contributed by atoms with van der Waals surface area (Å²) < 4.78 is 33.7. The highest BCUT2D eigenvalue weighted by Gasteiger charge is 2.33. The van der Waals surface area contributed by atoms with Crippen molar-refractivity contribution in [3.63, 3.8) is 0 Å². The Kier molecular flexibility index (Phi) is 7.58. The molecule has 0 amide bonds. The Balaban J connectivity index is 2.67. The van der Waals surface area contributed by atoms with E-state index in [0.717, 1.165) is 6.42 Å². The van der Waals surface area contributed by atoms with E-state index in [9.17, 15) is 13.2 Å². The minimum atomic E-state index is -3.60. The highest BCUT2D eigenvalue weighted by molar-refractivity contribution is 7.87. The Labute approximate surface area is 127 Å². The Bertz CT molecular complexity index is 427. The van der Waals surface area contributed by atoms with Gasteiger partial charge in [-0.05, 0) is 26.2 Å². The van der Waals surface area contributed by atoms with Gasteiger partial charge in [0.05, 0.1) is 12.5 Å². The number of piperidine rings is 1. The first-order valence-corrected chi connectivity index (χ1v) is 9.02. The van der Waals surface area contributed by atoms with Gasteiger partial charge in [0.2, 0.25) is 0 Å². The van der Waals surface area contributed by atoms with Gasteiger partial charge in [0.1, 0.15) is 0 Å². The Hall–Kier alpha value is -0.700. The summed E-state index contributed by atoms with van der Waals surface area (Å²) in [5, 5.41) is 0. The lowest BCUT2D eigenvalue weighted by atomic mass is 10.0. The number of carbonyl (C=O) groups is 1. The van der Waals surface area contributed by atoms with Crippen LogP contribution in [0.2, 0.25) is 0 Å². The number of hydrogen-bond donors (Lipinski definition) is 2. The maximum Gasteiger partial charge on any atom is 0.310 e. The van der Waals surface area contributed by atoms with E-state index in [1.165, 1.54) is 4.31 Å². The smallest absolute Gasteiger partial charge is 0.310 e. The van der Waals surface area contributed by atoms with Crippen molar-refractivity contribution in [3.8, 4) is 0 Å². The molecule has 0 aliphatic carbocycles. The van der Waals surface area contributed by atoms with E-state index >= 15 is 0 Å². The molecule has 1 aliphatic rings. The topological polar surface area (TPSA) is 102 Å². The summed E-state index contributed by atoms with van der Waals surface area (Å²) in [5.41, 5.74) is 5.59. The standard InChI is InChI=1S/C13H27N3O4S/c1-3-6-12(9-14)15-21(18,19)16-8-5-7-11(10-16)13(17)20-4-2/h11-12,15H,3-10,14H2,1-2H3. The number of nitrogens with zero attached hydrogens (tertiary/aromatic N) is 1. The fourth-order valence-corrected chi connectivity index (χ4v) is 4.00. The molecule has 8 heteroatoms. The van der Waals surface area contributed by atoms with Crippen LogP contribution in [0.15, 0.2) is 0 Å². The number of carbonyl (C=O) groups excluding carboxylic acids is 1. The summed E-state index contributed by atoms with van der Waals surface area (Å²) in [6, 6.07) is -0.261. The summed E-state index contributed by atoms with van der Waals surface area (Å²) >= 11 is 0. The van der Waals surface area contributed by atoms with Crippen LogP contribution in [0.5, 0.6) is 0 Å². The molecule has 1 heterocycles. The van der Waals surface area contributed by atoms with E-state index in [4.69, 9.17) is 10.5 Å². The zero-order valence-electron chi connectivity index (χ0n) is 12.9. The van der Waals surface area contributed by atoms with Crippen molar-refractivity contribution >= 4 is 16.2 Å². The molecule has 0 radical (unpaired) electrons. The molecular weight excluding hydrogens is 294 g/mol. The van der Waals surface area contributed by atoms with Crippen LogP contribution < -0.4 is 10.5 Å². The number of ether oxygens (including phenoxy) is 1. The molecule has 0 saturated carbocycles. The highest BCUT2D eigenvalue weighted by Crippen LogP contribution is 2.20. The van der Waals surface area contributed by atoms with Crippen LogP contribution in [-0.4, -0.2) is 51.0 Å². The van der Waals surface area contributed by atoms with Crippen LogP contribution in [0, 0.1) is 5.92 Å². The van der Waals surface area contributed by atoms with Gasteiger partial charge in [0, 0.05) is 25.7 Å². The molecule has 0 aromatic rings. The average molecular weight is 321 g/mol. The van der Waals surface area contributed by atoms with Crippen LogP contribution in [-0.2, 0) is 19.7 Å². The number of esters is 1. The molecule has 1 aliphatic heterocycles. The van der Waals surface area contributed by atoms with Gasteiger partial charge in [0.25, 0.3) is 10.2 Å². The second-order valence-electron chi connectivity index (χ2n) is 5.29. The normalized spacial score (nSPS) is 22.0. The summed E-state index contributed by atoms with van der Waals surface area (Å²) in [6.45, 7) is 4.91. The van der Waals surface area contributed by atoms with Gasteiger partial charge in [-0.3, -0.25) is 4.79 Å². The molecule has 1 saturated heterocycles. The van der Waals surface area contributed by atoms with Gasteiger partial charge in [-0.15, -0.1) is 0 Å². The maximum atomic E-state index is 12.4. The lowest BCUT2D eigenvalue weighted by Gasteiger charge is -2.31. The molecule has 1 fully saturated rings. The minimum Gasteiger partial charge on any atom is -0.466 e. The molecule has 7 nitrogen and oxygen atoms in total. The van der Waals surface area contributed by atoms with Crippen molar-refractivity contribution < 1.29 is 17.9 Å². The van der Waals surface area contributed by atoms with Crippen LogP contribution >= 0.6 is 0 Å². The SMILES string of the molecule is CCCC(CN)NS(=O)(=O)N1CCCC(C(=O)OCC)C1. The lowest BCUT2D eigenvalue weighted by molar-refractivity contribution is -0.149. The fraction of sp³-hybridized carbons (Fsp3) is 0.923. The Morgan fingerprint density at radius 2 is 2.19 bits per heavy atom. The van der Waals surface area contributed by atoms with E-state index in [1.807, 2.05) is 6.92 Å². The predicted molar refractivity (Wildman–Crippen MR) is 80.7 cm³/mol. The van der Waals surface area contributed by atoms with Crippen molar-refractivity contribution in [1.82, 2.24) is 9.03 Å². The summed E-state index contributed by atoms with van der Waals surface area (Å²) in [7, 11) is -3.60. The molecular formula is C13H27N3O4S. The van der Waals surface area contributed by atoms with E-state index in [0.29, 0.717) is 32.4 Å². The van der Waals surface area contributed by atoms with Gasteiger partial charge in [0.15, 0.2) is 0 Å². The largest absolute Gasteiger partial charge is 0.466 e. The third-order valence-electron chi connectivity index (χ3n) is 3.58. The minimum absolute atomic E-state index is 0.178. The van der Waals surface area contributed by atoms with Gasteiger partial charge in [-0.25, -0.2) is 0 Å². The second-order valence-corrected chi connectivity index (χ2v) is 7.00. The first-order chi connectivity index (χ1) is 9.94. The van der Waals surface area contributed by atoms with Crippen molar-refractivity contribution in [2.75, 3.05) is 26.2 Å². The molecule has 3 N–H and O–H groups in total. The fourth-order valence-electron chi connectivity index (χ4n) is 2.47. The van der Waals surface area contributed by atoms with Crippen molar-refractivity contribution in [1.29, 1.82) is 0 Å². The maximum absolute atomic E-state index is 12.4. The van der Waals surface area contributed by atoms with E-state index in [1.54, 1.807) is 6.92 Å². The average Bonchev–Trinajstić information content (AvgIpc) is 2.47. The van der Waals surface area contributed by atoms with Gasteiger partial charge in [-0.1, -0.05) is 13.3 Å². The van der Waals surface area contributed by atoms with E-state index in [2.05, 4.69) is 4.72 Å². The highest BCUT2D eigenvalue weighted by atomic mass is 32.2. The third kappa shape index (κ3) is 5.54. The van der Waals surface area contributed by atoms with Crippen molar-refractivity contribution in [3.05, 3.63) is 0 Å². The number of hydrogen-bond acceptors (Lipinski definition) is 5. The first kappa shape index (κ1) is 18.3. The molecule has 21 heavy (non-hydrogen) atoms. The first-order valence-electron chi connectivity index (χ1n) is 7.58. The van der Waals surface area contributed by atoms with E-state index < -0.39 is 10.2 Å². The molecule has 0 spiro atoms. The molecule has 0 bridgehead atoms. The van der Waals surface area contributed by atoms with Crippen LogP contribution in [0.25, 0.3) is 0 Å². The Morgan fingerprint density at radius 1 is 1.48 bits per heavy atom. The summed E-state index contributed by atoms with van der Waals surface area (Å²) in [5.74, 6) is -0.695. The third-order valence-corrected chi connectivity index (χ3v) is 5.22. The van der Waals surface area contributed by atoms with Gasteiger partial charge >= 0.3 is 5.97 Å². The zero-order valence-corrected chi connectivity index (χ0v) is 13.7. The van der Waals surface area contributed by atoms with Crippen molar-refractivity contribution in [2.24, 2.45) is 11.7 Å². The number of nitrogens with two attached hydrogens (primary N) is 1. The second kappa shape index (κ2) is 8.67. The van der Waals surface area contributed by atoms with Crippen LogP contribution in [0.4, 0.5) is 0 Å². The van der Waals surface area contributed by atoms with Crippen molar-refractivity contribution in [2.45, 2.75) is 45.6 Å². The molecule has 0 aromatic carbocycles. The quantitative estimate of drug-likeness (QED) is 0.623. The molecule has 124 valence electrons. The summed E-state index contributed by atoms with van der Waals surface area (Å²) in [4.78, 5) is 11.8. The molecule has 1 rings (SSSR count). The van der Waals surface area contributed by atoms with Crippen LogP contribution in [0.1, 0.15) is 39.5 Å². The van der Waals surface area contributed by atoms with Gasteiger partial charge in [-0.2, -0.15) is 17.4 Å². The molecule has 0 aromatic heterocycles. The van der Waals surface area contributed by atoms with Gasteiger partial charge < -0.3 is 10.5 Å². The number of rotatable bonds is 8. The predicted octanol–water partition coefficient (Wildman–Crippen LogP) is 0.223. The lowest BCUT2D eigenvalue weighted by Crippen LogP contribution is -2.51. The summed E-state index contributed by atoms with van der Waals surface area (Å²) in [6.07, 6.45) is 2.88. The van der Waals surface area contributed by atoms with E-state index in [-0.39, 0.29) is 31.0 Å². The Morgan fingerprint density at radius 3 is 2.76 bits per heavy atom. The molecule has 2 atom stereocenters. The van der Waals surface area contributed by atoms with Crippen LogP contribution in [0.3, 0.4) is 0 Å². The zero-order chi connectivity index (χ0) is 15.9. The molecule has 2 unspecified atom stereocenters. The number of nitrogens with one attached hydrogen (secondary N) is 1.